The van der Waals surface area contributed by atoms with Gasteiger partial charge in [-0.25, -0.2) is 4.68 Å². The average Bonchev–Trinajstić information content (AvgIpc) is 3.00. The zero-order chi connectivity index (χ0) is 18.9. The molecule has 140 valence electrons. The Bertz CT molecular complexity index is 800. The molecule has 2 heterocycles. The zero-order valence-corrected chi connectivity index (χ0v) is 14.6. The van der Waals surface area contributed by atoms with E-state index in [1.165, 1.54) is 0 Å². The molecular weight excluding hydrogens is 345 g/mol. The summed E-state index contributed by atoms with van der Waals surface area (Å²) in [5, 5.41) is 9.84. The Balaban J connectivity index is 1.95. The molecule has 2 aromatic rings. The fourth-order valence-electron chi connectivity index (χ4n) is 3.30. The van der Waals surface area contributed by atoms with Crippen LogP contribution in [0.1, 0.15) is 41.4 Å². The van der Waals surface area contributed by atoms with Gasteiger partial charge in [0.15, 0.2) is 5.69 Å². The fraction of sp³-hybridized carbons (Fsp3) is 0.444. The summed E-state index contributed by atoms with van der Waals surface area (Å²) in [6, 6.07) is 6.69. The lowest BCUT2D eigenvalue weighted by Gasteiger charge is -2.28. The highest BCUT2D eigenvalue weighted by Crippen LogP contribution is 2.34. The minimum atomic E-state index is -4.70. The first-order valence-corrected chi connectivity index (χ1v) is 8.53. The molecule has 2 N–H and O–H groups in total. The Kier molecular flexibility index (Phi) is 5.04. The largest absolute Gasteiger partial charge is 0.434 e. The van der Waals surface area contributed by atoms with Crippen molar-refractivity contribution in [3.63, 3.8) is 0 Å². The quantitative estimate of drug-likeness (QED) is 0.878. The van der Waals surface area contributed by atoms with Crippen molar-refractivity contribution in [2.24, 2.45) is 0 Å². The van der Waals surface area contributed by atoms with E-state index in [1.807, 2.05) is 6.92 Å². The van der Waals surface area contributed by atoms with E-state index in [9.17, 15) is 18.0 Å². The maximum absolute atomic E-state index is 13.7. The van der Waals surface area contributed by atoms with E-state index in [2.05, 4.69) is 15.7 Å². The SMILES string of the molecule is Cc1ccccc1-n1ncc(C(=O)NC2CCNC(C)C2)c1C(F)(F)F. The third-order valence-corrected chi connectivity index (χ3v) is 4.58. The fourth-order valence-corrected chi connectivity index (χ4v) is 3.30. The summed E-state index contributed by atoms with van der Waals surface area (Å²) in [6.07, 6.45) is -2.34. The molecule has 5 nitrogen and oxygen atoms in total. The van der Waals surface area contributed by atoms with Gasteiger partial charge in [-0.1, -0.05) is 18.2 Å². The molecule has 0 spiro atoms. The van der Waals surface area contributed by atoms with Crippen molar-refractivity contribution in [1.29, 1.82) is 0 Å². The standard InChI is InChI=1S/C18H21F3N4O/c1-11-5-3-4-6-15(11)25-16(18(19,20)21)14(10-23-25)17(26)24-13-7-8-22-12(2)9-13/h3-6,10,12-13,22H,7-9H2,1-2H3,(H,24,26). The van der Waals surface area contributed by atoms with Gasteiger partial charge in [-0.15, -0.1) is 0 Å². The van der Waals surface area contributed by atoms with Crippen LogP contribution >= 0.6 is 0 Å². The second kappa shape index (κ2) is 7.11. The third kappa shape index (κ3) is 3.75. The highest BCUT2D eigenvalue weighted by Gasteiger charge is 2.41. The molecule has 2 unspecified atom stereocenters. The summed E-state index contributed by atoms with van der Waals surface area (Å²) in [4.78, 5) is 12.5. The Morgan fingerprint density at radius 1 is 1.35 bits per heavy atom. The Morgan fingerprint density at radius 3 is 2.73 bits per heavy atom. The van der Waals surface area contributed by atoms with Gasteiger partial charge < -0.3 is 10.6 Å². The molecule has 1 aliphatic rings. The number of nitrogens with one attached hydrogen (secondary N) is 2. The summed E-state index contributed by atoms with van der Waals surface area (Å²) in [7, 11) is 0. The van der Waals surface area contributed by atoms with Gasteiger partial charge >= 0.3 is 6.18 Å². The van der Waals surface area contributed by atoms with E-state index in [1.54, 1.807) is 31.2 Å². The first-order chi connectivity index (χ1) is 12.3. The minimum absolute atomic E-state index is 0.151. The molecule has 1 saturated heterocycles. The summed E-state index contributed by atoms with van der Waals surface area (Å²) in [5.74, 6) is -0.740. The lowest BCUT2D eigenvalue weighted by molar-refractivity contribution is -0.143. The highest BCUT2D eigenvalue weighted by atomic mass is 19.4. The molecule has 0 aliphatic carbocycles. The molecular formula is C18H21F3N4O. The number of carbonyl (C=O) groups excluding carboxylic acids is 1. The van der Waals surface area contributed by atoms with E-state index < -0.39 is 23.3 Å². The molecule has 1 aliphatic heterocycles. The Morgan fingerprint density at radius 2 is 2.08 bits per heavy atom. The predicted octanol–water partition coefficient (Wildman–Crippen LogP) is 3.07. The van der Waals surface area contributed by atoms with Gasteiger partial charge in [0, 0.05) is 12.1 Å². The lowest BCUT2D eigenvalue weighted by Crippen LogP contribution is -2.46. The van der Waals surface area contributed by atoms with Crippen LogP contribution in [0.15, 0.2) is 30.5 Å². The Hall–Kier alpha value is -2.35. The summed E-state index contributed by atoms with van der Waals surface area (Å²) in [6.45, 7) is 4.41. The highest BCUT2D eigenvalue weighted by molar-refractivity contribution is 5.95. The maximum atomic E-state index is 13.7. The van der Waals surface area contributed by atoms with Gasteiger partial charge in [-0.05, 0) is 44.9 Å². The number of hydrogen-bond acceptors (Lipinski definition) is 3. The molecule has 0 saturated carbocycles. The number of aryl methyl sites for hydroxylation is 1. The van der Waals surface area contributed by atoms with E-state index in [-0.39, 0.29) is 12.1 Å². The summed E-state index contributed by atoms with van der Waals surface area (Å²) < 4.78 is 41.9. The summed E-state index contributed by atoms with van der Waals surface area (Å²) >= 11 is 0. The predicted molar refractivity (Wildman–Crippen MR) is 91.3 cm³/mol. The molecule has 0 bridgehead atoms. The van der Waals surface area contributed by atoms with Crippen LogP contribution in [0.5, 0.6) is 0 Å². The normalized spacial score (nSPS) is 20.8. The third-order valence-electron chi connectivity index (χ3n) is 4.58. The van der Waals surface area contributed by atoms with Crippen molar-refractivity contribution < 1.29 is 18.0 Å². The first-order valence-electron chi connectivity index (χ1n) is 8.53. The smallest absolute Gasteiger partial charge is 0.349 e. The number of para-hydroxylation sites is 1. The van der Waals surface area contributed by atoms with E-state index in [0.717, 1.165) is 17.4 Å². The van der Waals surface area contributed by atoms with E-state index in [4.69, 9.17) is 0 Å². The van der Waals surface area contributed by atoms with Gasteiger partial charge in [-0.3, -0.25) is 4.79 Å². The van der Waals surface area contributed by atoms with Crippen molar-refractivity contribution in [2.75, 3.05) is 6.54 Å². The molecule has 1 fully saturated rings. The minimum Gasteiger partial charge on any atom is -0.349 e. The second-order valence-electron chi connectivity index (χ2n) is 6.65. The van der Waals surface area contributed by atoms with Gasteiger partial charge in [0.05, 0.1) is 17.4 Å². The second-order valence-corrected chi connectivity index (χ2v) is 6.65. The van der Waals surface area contributed by atoms with Crippen LogP contribution in [0.4, 0.5) is 13.2 Å². The van der Waals surface area contributed by atoms with Gasteiger partial charge in [0.1, 0.15) is 0 Å². The van der Waals surface area contributed by atoms with Crippen LogP contribution in [-0.2, 0) is 6.18 Å². The molecule has 2 atom stereocenters. The van der Waals surface area contributed by atoms with Crippen LogP contribution in [0.2, 0.25) is 0 Å². The summed E-state index contributed by atoms with van der Waals surface area (Å²) in [5.41, 5.74) is -0.562. The number of halogens is 3. The van der Waals surface area contributed by atoms with Gasteiger partial charge in [-0.2, -0.15) is 18.3 Å². The van der Waals surface area contributed by atoms with Crippen LogP contribution in [-0.4, -0.2) is 34.3 Å². The monoisotopic (exact) mass is 366 g/mol. The van der Waals surface area contributed by atoms with Crippen molar-refractivity contribution in [3.05, 3.63) is 47.3 Å². The van der Waals surface area contributed by atoms with Gasteiger partial charge in [0.2, 0.25) is 0 Å². The number of benzene rings is 1. The molecule has 3 rings (SSSR count). The number of amides is 1. The van der Waals surface area contributed by atoms with E-state index in [0.29, 0.717) is 24.1 Å². The molecule has 1 aromatic heterocycles. The number of rotatable bonds is 3. The number of piperidine rings is 1. The number of nitrogens with zero attached hydrogens (tertiary/aromatic N) is 2. The average molecular weight is 366 g/mol. The maximum Gasteiger partial charge on any atom is 0.434 e. The number of aromatic nitrogens is 2. The lowest BCUT2D eigenvalue weighted by atomic mass is 10.0. The van der Waals surface area contributed by atoms with Crippen molar-refractivity contribution in [2.45, 2.75) is 44.9 Å². The van der Waals surface area contributed by atoms with Crippen LogP contribution < -0.4 is 10.6 Å². The zero-order valence-electron chi connectivity index (χ0n) is 14.6. The van der Waals surface area contributed by atoms with Crippen LogP contribution in [0.3, 0.4) is 0 Å². The molecule has 1 amide bonds. The molecule has 1 aromatic carbocycles. The first kappa shape index (κ1) is 18.4. The van der Waals surface area contributed by atoms with Crippen LogP contribution in [0, 0.1) is 6.92 Å². The van der Waals surface area contributed by atoms with Crippen LogP contribution in [0.25, 0.3) is 5.69 Å². The van der Waals surface area contributed by atoms with Crippen molar-refractivity contribution in [3.8, 4) is 5.69 Å². The van der Waals surface area contributed by atoms with Crippen molar-refractivity contribution in [1.82, 2.24) is 20.4 Å². The van der Waals surface area contributed by atoms with Gasteiger partial charge in [0.25, 0.3) is 5.91 Å². The molecule has 0 radical (unpaired) electrons. The van der Waals surface area contributed by atoms with Crippen molar-refractivity contribution >= 4 is 5.91 Å². The molecule has 26 heavy (non-hydrogen) atoms. The van der Waals surface area contributed by atoms with E-state index >= 15 is 0 Å². The Labute approximate surface area is 149 Å². The molecule has 8 heteroatoms. The topological polar surface area (TPSA) is 59.0 Å². The number of carbonyl (C=O) groups is 1. The number of hydrogen-bond donors (Lipinski definition) is 2. The number of alkyl halides is 3.